The van der Waals surface area contributed by atoms with E-state index in [4.69, 9.17) is 30.2 Å². The number of halogens is 1. The molecule has 1 unspecified atom stereocenters. The molecule has 0 amide bonds. The van der Waals surface area contributed by atoms with Crippen molar-refractivity contribution in [1.82, 2.24) is 4.57 Å². The minimum Gasteiger partial charge on any atom is -0.493 e. The van der Waals surface area contributed by atoms with E-state index in [0.29, 0.717) is 37.1 Å². The van der Waals surface area contributed by atoms with Crippen LogP contribution in [0.15, 0.2) is 92.7 Å². The number of fused-ring (bicyclic) bond motifs is 1. The minimum atomic E-state index is -0.906. The highest BCUT2D eigenvalue weighted by Gasteiger charge is 2.34. The van der Waals surface area contributed by atoms with Crippen LogP contribution in [-0.4, -0.2) is 30.2 Å². The van der Waals surface area contributed by atoms with Crippen LogP contribution in [0, 0.1) is 0 Å². The molecule has 2 aromatic heterocycles. The molecule has 1 aliphatic heterocycles. The van der Waals surface area contributed by atoms with Crippen molar-refractivity contribution in [2.24, 2.45) is 4.99 Å². The van der Waals surface area contributed by atoms with Crippen LogP contribution < -0.4 is 24.4 Å². The third-order valence-electron chi connectivity index (χ3n) is 6.37. The van der Waals surface area contributed by atoms with Crippen LogP contribution in [0.2, 0.25) is 5.02 Å². The second kappa shape index (κ2) is 12.1. The third-order valence-corrected chi connectivity index (χ3v) is 7.68. The van der Waals surface area contributed by atoms with Gasteiger partial charge in [-0.2, -0.15) is 0 Å². The predicted molar refractivity (Wildman–Crippen MR) is 158 cm³/mol. The number of aromatic nitrogens is 1. The number of furan rings is 1. The summed E-state index contributed by atoms with van der Waals surface area (Å²) in [5, 5.41) is 0.541. The summed E-state index contributed by atoms with van der Waals surface area (Å²) in [5.74, 6) is 0.287. The van der Waals surface area contributed by atoms with Crippen molar-refractivity contribution in [3.63, 3.8) is 0 Å². The number of nitrogens with zero attached hydrogens (tertiary/aromatic N) is 2. The number of methoxy groups -OCH3 is 1. The fourth-order valence-corrected chi connectivity index (χ4v) is 5.82. The lowest BCUT2D eigenvalue weighted by atomic mass is 9.95. The number of hydrogen-bond acceptors (Lipinski definition) is 9. The van der Waals surface area contributed by atoms with E-state index >= 15 is 0 Å². The molecule has 9 nitrogen and oxygen atoms in total. The normalized spacial score (nSPS) is 14.7. The van der Waals surface area contributed by atoms with Crippen LogP contribution in [0.3, 0.4) is 0 Å². The smallest absolute Gasteiger partial charge is 0.338 e. The van der Waals surface area contributed by atoms with Crippen LogP contribution in [0.1, 0.15) is 31.2 Å². The van der Waals surface area contributed by atoms with E-state index in [1.54, 1.807) is 49.4 Å². The molecule has 2 aromatic carbocycles. The molecule has 0 radical (unpaired) electrons. The van der Waals surface area contributed by atoms with Gasteiger partial charge in [0.05, 0.1) is 34.0 Å². The molecule has 3 heterocycles. The molecule has 4 aromatic rings. The zero-order valence-electron chi connectivity index (χ0n) is 22.9. The number of ether oxygens (including phenoxy) is 3. The average Bonchev–Trinajstić information content (AvgIpc) is 3.55. The van der Waals surface area contributed by atoms with Crippen LogP contribution in [-0.2, 0) is 14.3 Å². The van der Waals surface area contributed by atoms with Gasteiger partial charge in [0.2, 0.25) is 0 Å². The quantitative estimate of drug-likeness (QED) is 0.161. The van der Waals surface area contributed by atoms with Crippen LogP contribution in [0.25, 0.3) is 17.4 Å². The van der Waals surface area contributed by atoms with Crippen molar-refractivity contribution in [3.05, 3.63) is 115 Å². The number of carbonyl (C=O) groups excluding carboxylic acids is 2. The standard InChI is InChI=1S/C31H25ClN2O7S/c1-5-14-39-30(37)27-17(2)33-31-34(28(27)19-10-12-24(40-18(3)35)25(15-19)38-4)29(36)26(42-31)16-20-11-13-23(41-20)21-8-6-7-9-22(21)32/h5-13,15-16,28H,1,14H2,2-4H3. The molecule has 11 heteroatoms. The predicted octanol–water partition coefficient (Wildman–Crippen LogP) is 4.81. The third kappa shape index (κ3) is 5.59. The molecule has 1 aliphatic rings. The molecule has 0 bridgehead atoms. The van der Waals surface area contributed by atoms with E-state index in [2.05, 4.69) is 11.6 Å². The van der Waals surface area contributed by atoms with Gasteiger partial charge in [0.15, 0.2) is 16.3 Å². The van der Waals surface area contributed by atoms with E-state index in [1.165, 1.54) is 24.7 Å². The van der Waals surface area contributed by atoms with Gasteiger partial charge in [0, 0.05) is 18.6 Å². The van der Waals surface area contributed by atoms with Gasteiger partial charge in [-0.3, -0.25) is 14.2 Å². The summed E-state index contributed by atoms with van der Waals surface area (Å²) in [6.07, 6.45) is 3.08. The van der Waals surface area contributed by atoms with Gasteiger partial charge in [-0.1, -0.05) is 53.8 Å². The van der Waals surface area contributed by atoms with E-state index < -0.39 is 18.0 Å². The lowest BCUT2D eigenvalue weighted by molar-refractivity contribution is -0.138. The molecule has 214 valence electrons. The Hall–Kier alpha value is -4.67. The summed E-state index contributed by atoms with van der Waals surface area (Å²) < 4.78 is 23.8. The molecule has 0 N–H and O–H groups in total. The first-order chi connectivity index (χ1) is 20.2. The fourth-order valence-electron chi connectivity index (χ4n) is 4.57. The van der Waals surface area contributed by atoms with Crippen molar-refractivity contribution >= 4 is 41.0 Å². The molecule has 42 heavy (non-hydrogen) atoms. The number of allylic oxidation sites excluding steroid dienone is 1. The van der Waals surface area contributed by atoms with E-state index in [-0.39, 0.29) is 29.2 Å². The molecule has 0 spiro atoms. The Morgan fingerprint density at radius 1 is 1.17 bits per heavy atom. The summed E-state index contributed by atoms with van der Waals surface area (Å²) in [7, 11) is 1.43. The zero-order valence-corrected chi connectivity index (χ0v) is 24.5. The number of benzene rings is 2. The Labute approximate surface area is 249 Å². The molecule has 0 fully saturated rings. The van der Waals surface area contributed by atoms with Crippen molar-refractivity contribution < 1.29 is 28.2 Å². The van der Waals surface area contributed by atoms with E-state index in [0.717, 1.165) is 16.9 Å². The highest BCUT2D eigenvalue weighted by atomic mass is 35.5. The highest BCUT2D eigenvalue weighted by Crippen LogP contribution is 2.36. The Balaban J connectivity index is 1.65. The van der Waals surface area contributed by atoms with Gasteiger partial charge in [-0.25, -0.2) is 9.79 Å². The van der Waals surface area contributed by atoms with Gasteiger partial charge >= 0.3 is 11.9 Å². The number of hydrogen-bond donors (Lipinski definition) is 0. The minimum absolute atomic E-state index is 0.0201. The van der Waals surface area contributed by atoms with Crippen LogP contribution in [0.5, 0.6) is 11.5 Å². The molecule has 5 rings (SSSR count). The Kier molecular flexibility index (Phi) is 8.28. The number of rotatable bonds is 8. The van der Waals surface area contributed by atoms with Gasteiger partial charge in [0.25, 0.3) is 5.56 Å². The van der Waals surface area contributed by atoms with Crippen molar-refractivity contribution in [3.8, 4) is 22.8 Å². The Bertz CT molecular complexity index is 1930. The summed E-state index contributed by atoms with van der Waals surface area (Å²) in [6.45, 7) is 6.54. The molecule has 0 aliphatic carbocycles. The first-order valence-corrected chi connectivity index (χ1v) is 13.9. The monoisotopic (exact) mass is 604 g/mol. The maximum atomic E-state index is 13.9. The molecule has 1 atom stereocenters. The van der Waals surface area contributed by atoms with E-state index in [9.17, 15) is 14.4 Å². The summed E-state index contributed by atoms with van der Waals surface area (Å²) in [4.78, 5) is 43.7. The van der Waals surface area contributed by atoms with Gasteiger partial charge in [-0.05, 0) is 48.9 Å². The van der Waals surface area contributed by atoms with Crippen molar-refractivity contribution in [2.45, 2.75) is 19.9 Å². The van der Waals surface area contributed by atoms with Crippen molar-refractivity contribution in [2.75, 3.05) is 13.7 Å². The number of esters is 2. The first-order valence-electron chi connectivity index (χ1n) is 12.7. The maximum Gasteiger partial charge on any atom is 0.338 e. The largest absolute Gasteiger partial charge is 0.493 e. The zero-order chi connectivity index (χ0) is 30.0. The molecule has 0 saturated heterocycles. The SMILES string of the molecule is C=CCOC(=O)C1=C(C)N=c2sc(=Cc3ccc(-c4ccccc4Cl)o3)c(=O)n2C1c1ccc(OC(C)=O)c(OC)c1. The summed E-state index contributed by atoms with van der Waals surface area (Å²) >= 11 is 7.48. The number of thiazole rings is 1. The van der Waals surface area contributed by atoms with E-state index in [1.807, 2.05) is 18.2 Å². The van der Waals surface area contributed by atoms with Crippen LogP contribution >= 0.6 is 22.9 Å². The highest BCUT2D eigenvalue weighted by molar-refractivity contribution is 7.07. The number of carbonyl (C=O) groups is 2. The van der Waals surface area contributed by atoms with Gasteiger partial charge < -0.3 is 18.6 Å². The summed E-state index contributed by atoms with van der Waals surface area (Å²) in [6, 6.07) is 14.7. The lowest BCUT2D eigenvalue weighted by Crippen LogP contribution is -2.40. The topological polar surface area (TPSA) is 109 Å². The second-order valence-electron chi connectivity index (χ2n) is 9.15. The molecular formula is C31H25ClN2O7S. The second-order valence-corrected chi connectivity index (χ2v) is 10.6. The van der Waals surface area contributed by atoms with Gasteiger partial charge in [-0.15, -0.1) is 0 Å². The van der Waals surface area contributed by atoms with Gasteiger partial charge in [0.1, 0.15) is 18.1 Å². The first kappa shape index (κ1) is 28.8. The van der Waals surface area contributed by atoms with Crippen LogP contribution in [0.4, 0.5) is 0 Å². The average molecular weight is 605 g/mol. The van der Waals surface area contributed by atoms with Crippen molar-refractivity contribution in [1.29, 1.82) is 0 Å². The maximum absolute atomic E-state index is 13.9. The molecular weight excluding hydrogens is 580 g/mol. The lowest BCUT2D eigenvalue weighted by Gasteiger charge is -2.25. The summed E-state index contributed by atoms with van der Waals surface area (Å²) in [5.41, 5.74) is 1.43. The molecule has 0 saturated carbocycles. The fraction of sp³-hybridized carbons (Fsp3) is 0.161. The Morgan fingerprint density at radius 3 is 2.67 bits per heavy atom. The Morgan fingerprint density at radius 2 is 1.95 bits per heavy atom.